The van der Waals surface area contributed by atoms with Crippen LogP contribution in [0.4, 0.5) is 8.78 Å². The van der Waals surface area contributed by atoms with Crippen molar-refractivity contribution in [3.05, 3.63) is 63.8 Å². The maximum Gasteiger partial charge on any atom is 0.262 e. The Bertz CT molecular complexity index is 1140. The minimum Gasteiger partial charge on any atom is -0.505 e. The summed E-state index contributed by atoms with van der Waals surface area (Å²) in [5.74, 6) is -4.62. The first-order valence-corrected chi connectivity index (χ1v) is 8.97. The number of hydrogen-bond acceptors (Lipinski definition) is 4. The number of aromatic hydroxyl groups is 1. The van der Waals surface area contributed by atoms with Crippen LogP contribution in [0, 0.1) is 18.6 Å². The highest BCUT2D eigenvalue weighted by Crippen LogP contribution is 2.37. The van der Waals surface area contributed by atoms with E-state index in [2.05, 4.69) is 5.32 Å². The van der Waals surface area contributed by atoms with E-state index in [4.69, 9.17) is 16.7 Å². The summed E-state index contributed by atoms with van der Waals surface area (Å²) < 4.78 is 29.8. The first kappa shape index (κ1) is 20.8. The van der Waals surface area contributed by atoms with Crippen molar-refractivity contribution in [2.45, 2.75) is 19.8 Å². The summed E-state index contributed by atoms with van der Waals surface area (Å²) in [4.78, 5) is 25.4. The molecule has 1 heterocycles. The van der Waals surface area contributed by atoms with Crippen LogP contribution in [0.2, 0.25) is 5.02 Å². The van der Waals surface area contributed by atoms with Crippen LogP contribution >= 0.6 is 11.6 Å². The third kappa shape index (κ3) is 3.45. The Hall–Kier alpha value is -2.97. The van der Waals surface area contributed by atoms with E-state index in [9.17, 15) is 23.5 Å². The van der Waals surface area contributed by atoms with Crippen molar-refractivity contribution in [2.24, 2.45) is 0 Å². The normalized spacial score (nSPS) is 12.2. The summed E-state index contributed by atoms with van der Waals surface area (Å²) in [5, 5.41) is 20.7. The lowest BCUT2D eigenvalue weighted by Gasteiger charge is -2.13. The lowest BCUT2D eigenvalue weighted by molar-refractivity contribution is -0.123. The SMILES string of the molecule is Cc1c([C@@H](C)C(=O)NCO)c2c(F)c(O)ccc2n1C(=O)c1ccc(Cl)c(F)c1. The fourth-order valence-corrected chi connectivity index (χ4v) is 3.51. The summed E-state index contributed by atoms with van der Waals surface area (Å²) in [7, 11) is 0. The number of aliphatic hydroxyl groups is 1. The highest BCUT2D eigenvalue weighted by molar-refractivity contribution is 6.30. The van der Waals surface area contributed by atoms with Gasteiger partial charge in [-0.2, -0.15) is 0 Å². The van der Waals surface area contributed by atoms with Crippen molar-refractivity contribution in [3.8, 4) is 5.75 Å². The van der Waals surface area contributed by atoms with E-state index in [1.165, 1.54) is 32.0 Å². The first-order chi connectivity index (χ1) is 13.7. The van der Waals surface area contributed by atoms with Crippen LogP contribution < -0.4 is 5.32 Å². The average Bonchev–Trinajstić information content (AvgIpc) is 2.98. The van der Waals surface area contributed by atoms with E-state index in [1.807, 2.05) is 0 Å². The molecule has 0 aliphatic carbocycles. The van der Waals surface area contributed by atoms with E-state index in [0.29, 0.717) is 0 Å². The number of hydrogen-bond donors (Lipinski definition) is 3. The number of carbonyl (C=O) groups is 2. The number of nitrogens with one attached hydrogen (secondary N) is 1. The number of rotatable bonds is 4. The molecule has 0 saturated heterocycles. The molecule has 1 aromatic heterocycles. The minimum atomic E-state index is -0.988. The molecule has 3 aromatic rings. The van der Waals surface area contributed by atoms with Crippen molar-refractivity contribution in [1.82, 2.24) is 9.88 Å². The van der Waals surface area contributed by atoms with Gasteiger partial charge in [0.2, 0.25) is 5.91 Å². The second kappa shape index (κ2) is 7.81. The van der Waals surface area contributed by atoms with Gasteiger partial charge in [0, 0.05) is 16.6 Å². The van der Waals surface area contributed by atoms with Gasteiger partial charge in [0.05, 0.1) is 16.5 Å². The number of halogens is 3. The largest absolute Gasteiger partial charge is 0.505 e. The second-order valence-electron chi connectivity index (χ2n) is 6.48. The smallest absolute Gasteiger partial charge is 0.262 e. The minimum absolute atomic E-state index is 0.0283. The molecule has 0 aliphatic rings. The molecule has 6 nitrogen and oxygen atoms in total. The number of amides is 1. The summed E-state index contributed by atoms with van der Waals surface area (Å²) in [5.41, 5.74) is 0.490. The van der Waals surface area contributed by atoms with Crippen molar-refractivity contribution in [2.75, 3.05) is 6.73 Å². The van der Waals surface area contributed by atoms with Crippen LogP contribution in [0.15, 0.2) is 30.3 Å². The zero-order chi connectivity index (χ0) is 21.5. The van der Waals surface area contributed by atoms with Gasteiger partial charge in [0.15, 0.2) is 11.6 Å². The predicted octanol–water partition coefficient (Wildman–Crippen LogP) is 3.44. The van der Waals surface area contributed by atoms with E-state index in [1.54, 1.807) is 0 Å². The Balaban J connectivity index is 2.29. The second-order valence-corrected chi connectivity index (χ2v) is 6.89. The maximum atomic E-state index is 14.8. The number of aliphatic hydroxyl groups excluding tert-OH is 1. The molecule has 1 amide bonds. The van der Waals surface area contributed by atoms with Crippen LogP contribution in [0.25, 0.3) is 10.9 Å². The van der Waals surface area contributed by atoms with E-state index in [0.717, 1.165) is 16.7 Å². The fourth-order valence-electron chi connectivity index (χ4n) is 3.39. The van der Waals surface area contributed by atoms with Crippen LogP contribution in [-0.2, 0) is 4.79 Å². The van der Waals surface area contributed by atoms with Gasteiger partial charge in [0.1, 0.15) is 12.5 Å². The molecule has 3 rings (SSSR count). The van der Waals surface area contributed by atoms with Gasteiger partial charge in [0.25, 0.3) is 5.91 Å². The van der Waals surface area contributed by atoms with Crippen molar-refractivity contribution in [3.63, 3.8) is 0 Å². The van der Waals surface area contributed by atoms with Crippen LogP contribution in [0.5, 0.6) is 5.75 Å². The number of phenolic OH excluding ortho intramolecular Hbond substituents is 1. The molecule has 0 fully saturated rings. The first-order valence-electron chi connectivity index (χ1n) is 8.59. The number of benzene rings is 2. The zero-order valence-electron chi connectivity index (χ0n) is 15.5. The topological polar surface area (TPSA) is 91.6 Å². The molecular weight excluding hydrogens is 406 g/mol. The molecule has 9 heteroatoms. The van der Waals surface area contributed by atoms with Gasteiger partial charge in [-0.25, -0.2) is 8.78 Å². The van der Waals surface area contributed by atoms with Crippen molar-refractivity contribution >= 4 is 34.3 Å². The van der Waals surface area contributed by atoms with Gasteiger partial charge in [-0.05, 0) is 49.7 Å². The molecule has 29 heavy (non-hydrogen) atoms. The summed E-state index contributed by atoms with van der Waals surface area (Å²) >= 11 is 5.67. The van der Waals surface area contributed by atoms with E-state index < -0.39 is 41.8 Å². The fraction of sp³-hybridized carbons (Fsp3) is 0.200. The molecule has 152 valence electrons. The van der Waals surface area contributed by atoms with E-state index >= 15 is 0 Å². The molecule has 0 spiro atoms. The Morgan fingerprint density at radius 2 is 1.93 bits per heavy atom. The van der Waals surface area contributed by atoms with Gasteiger partial charge in [-0.3, -0.25) is 14.2 Å². The Labute approximate surface area is 169 Å². The number of aromatic nitrogens is 1. The highest BCUT2D eigenvalue weighted by Gasteiger charge is 2.29. The zero-order valence-corrected chi connectivity index (χ0v) is 16.2. The van der Waals surface area contributed by atoms with Crippen molar-refractivity contribution < 1.29 is 28.6 Å². The Morgan fingerprint density at radius 1 is 1.24 bits per heavy atom. The van der Waals surface area contributed by atoms with Gasteiger partial charge in [-0.1, -0.05) is 11.6 Å². The lowest BCUT2D eigenvalue weighted by atomic mass is 9.96. The third-order valence-corrected chi connectivity index (χ3v) is 5.09. The lowest BCUT2D eigenvalue weighted by Crippen LogP contribution is -2.29. The number of fused-ring (bicyclic) bond motifs is 1. The summed E-state index contributed by atoms with van der Waals surface area (Å²) in [6.07, 6.45) is 0. The van der Waals surface area contributed by atoms with Crippen LogP contribution in [0.1, 0.15) is 34.5 Å². The van der Waals surface area contributed by atoms with Gasteiger partial charge < -0.3 is 15.5 Å². The summed E-state index contributed by atoms with van der Waals surface area (Å²) in [6.45, 7) is 2.38. The molecule has 2 aromatic carbocycles. The number of nitrogens with zero attached hydrogens (tertiary/aromatic N) is 1. The highest BCUT2D eigenvalue weighted by atomic mass is 35.5. The molecule has 0 bridgehead atoms. The van der Waals surface area contributed by atoms with Gasteiger partial charge in [-0.15, -0.1) is 0 Å². The molecule has 3 N–H and O–H groups in total. The average molecular weight is 423 g/mol. The Kier molecular flexibility index (Phi) is 5.59. The molecule has 0 unspecified atom stereocenters. The number of phenols is 1. The molecule has 0 aliphatic heterocycles. The standard InChI is InChI=1S/C20H17ClF2N2O4/c1-9(19(28)24-8-26)16-10(2)25(14-5-6-15(27)18(23)17(14)16)20(29)11-3-4-12(21)13(22)7-11/h3-7,9,26-27H,8H2,1-2H3,(H,24,28)/t9-/m1/s1. The predicted molar refractivity (Wildman–Crippen MR) is 103 cm³/mol. The summed E-state index contributed by atoms with van der Waals surface area (Å²) in [6, 6.07) is 5.96. The van der Waals surface area contributed by atoms with Crippen LogP contribution in [-0.4, -0.2) is 33.3 Å². The molecule has 1 atom stereocenters. The maximum absolute atomic E-state index is 14.8. The van der Waals surface area contributed by atoms with E-state index in [-0.39, 0.29) is 32.7 Å². The Morgan fingerprint density at radius 3 is 2.55 bits per heavy atom. The monoisotopic (exact) mass is 422 g/mol. The quantitative estimate of drug-likeness (QED) is 0.562. The van der Waals surface area contributed by atoms with Gasteiger partial charge >= 0.3 is 0 Å². The molecule has 0 saturated carbocycles. The molecular formula is C20H17ClF2N2O4. The van der Waals surface area contributed by atoms with Crippen LogP contribution in [0.3, 0.4) is 0 Å². The third-order valence-electron chi connectivity index (χ3n) is 4.78. The molecule has 0 radical (unpaired) electrons. The van der Waals surface area contributed by atoms with Crippen molar-refractivity contribution in [1.29, 1.82) is 0 Å². The number of carbonyl (C=O) groups excluding carboxylic acids is 2.